The van der Waals surface area contributed by atoms with Gasteiger partial charge in [-0.25, -0.2) is 0 Å². The summed E-state index contributed by atoms with van der Waals surface area (Å²) >= 11 is 0. The zero-order chi connectivity index (χ0) is 12.4. The third-order valence-electron chi connectivity index (χ3n) is 3.98. The fraction of sp³-hybridized carbons (Fsp3) is 0.500. The van der Waals surface area contributed by atoms with E-state index in [0.29, 0.717) is 0 Å². The molecule has 96 valence electrons. The van der Waals surface area contributed by atoms with Crippen LogP contribution >= 0.6 is 0 Å². The van der Waals surface area contributed by atoms with E-state index < -0.39 is 0 Å². The molecule has 0 bridgehead atoms. The molecule has 1 aromatic heterocycles. The van der Waals surface area contributed by atoms with E-state index in [1.54, 1.807) is 0 Å². The molecule has 1 saturated heterocycles. The Hall–Kier alpha value is -1.28. The number of furan rings is 1. The largest absolute Gasteiger partial charge is 0.464 e. The lowest BCUT2D eigenvalue weighted by molar-refractivity contribution is 0.277. The van der Waals surface area contributed by atoms with Crippen LogP contribution in [0.5, 0.6) is 0 Å². The lowest BCUT2D eigenvalue weighted by Gasteiger charge is -2.19. The van der Waals surface area contributed by atoms with Gasteiger partial charge < -0.3 is 4.42 Å². The van der Waals surface area contributed by atoms with Gasteiger partial charge in [-0.15, -0.1) is 0 Å². The molecule has 0 N–H and O–H groups in total. The van der Waals surface area contributed by atoms with Crippen molar-refractivity contribution in [2.75, 3.05) is 13.1 Å². The predicted molar refractivity (Wildman–Crippen MR) is 74.7 cm³/mol. The van der Waals surface area contributed by atoms with Crippen molar-refractivity contribution in [2.45, 2.75) is 39.2 Å². The van der Waals surface area contributed by atoms with E-state index >= 15 is 0 Å². The minimum Gasteiger partial charge on any atom is -0.464 e. The molecule has 1 fully saturated rings. The summed E-state index contributed by atoms with van der Waals surface area (Å²) < 4.78 is 5.68. The Morgan fingerprint density at radius 3 is 2.67 bits per heavy atom. The number of likely N-dealkylation sites (tertiary alicyclic amines) is 1. The summed E-state index contributed by atoms with van der Waals surface area (Å²) in [5.41, 5.74) is 3.70. The monoisotopic (exact) mass is 243 g/mol. The van der Waals surface area contributed by atoms with Gasteiger partial charge in [0.25, 0.3) is 0 Å². The highest BCUT2D eigenvalue weighted by atomic mass is 16.3. The van der Waals surface area contributed by atoms with Crippen molar-refractivity contribution < 1.29 is 4.42 Å². The second kappa shape index (κ2) is 5.15. The first-order chi connectivity index (χ1) is 8.84. The number of fused-ring (bicyclic) bond motifs is 1. The quantitative estimate of drug-likeness (QED) is 0.789. The first-order valence-electron chi connectivity index (χ1n) is 7.02. The molecule has 18 heavy (non-hydrogen) atoms. The van der Waals surface area contributed by atoms with Crippen LogP contribution in [0.3, 0.4) is 0 Å². The fourth-order valence-electron chi connectivity index (χ4n) is 3.00. The van der Waals surface area contributed by atoms with Gasteiger partial charge in [-0.3, -0.25) is 4.90 Å². The minimum atomic E-state index is 1.03. The molecule has 1 aliphatic heterocycles. The number of aryl methyl sites for hydroxylation is 1. The molecule has 0 amide bonds. The zero-order valence-electron chi connectivity index (χ0n) is 11.1. The summed E-state index contributed by atoms with van der Waals surface area (Å²) in [6.45, 7) is 5.68. The van der Waals surface area contributed by atoms with Crippen LogP contribution in [-0.4, -0.2) is 18.0 Å². The highest BCUT2D eigenvalue weighted by Gasteiger charge is 2.13. The molecule has 3 rings (SSSR count). The van der Waals surface area contributed by atoms with Crippen LogP contribution < -0.4 is 0 Å². The van der Waals surface area contributed by atoms with Crippen LogP contribution in [0.2, 0.25) is 0 Å². The predicted octanol–water partition coefficient (Wildman–Crippen LogP) is 4.12. The summed E-state index contributed by atoms with van der Waals surface area (Å²) in [5.74, 6) is 0. The molecular weight excluding hydrogens is 222 g/mol. The Kier molecular flexibility index (Phi) is 3.37. The van der Waals surface area contributed by atoms with E-state index in [-0.39, 0.29) is 0 Å². The number of hydrogen-bond donors (Lipinski definition) is 0. The molecule has 0 saturated carbocycles. The highest BCUT2D eigenvalue weighted by Crippen LogP contribution is 2.26. The van der Waals surface area contributed by atoms with Gasteiger partial charge in [0.2, 0.25) is 0 Å². The summed E-state index contributed by atoms with van der Waals surface area (Å²) in [6.07, 6.45) is 7.41. The normalized spacial score (nSPS) is 18.1. The van der Waals surface area contributed by atoms with Gasteiger partial charge in [0.15, 0.2) is 0 Å². The number of rotatable bonds is 2. The van der Waals surface area contributed by atoms with Crippen LogP contribution in [0.1, 0.15) is 36.8 Å². The maximum atomic E-state index is 5.68. The summed E-state index contributed by atoms with van der Waals surface area (Å²) in [6, 6.07) is 6.30. The van der Waals surface area contributed by atoms with E-state index in [0.717, 1.165) is 12.1 Å². The van der Waals surface area contributed by atoms with Gasteiger partial charge in [-0.05, 0) is 44.5 Å². The Morgan fingerprint density at radius 2 is 1.89 bits per heavy atom. The van der Waals surface area contributed by atoms with Crippen molar-refractivity contribution in [1.29, 1.82) is 0 Å². The second-order valence-electron chi connectivity index (χ2n) is 5.40. The second-order valence-corrected chi connectivity index (χ2v) is 5.40. The van der Waals surface area contributed by atoms with Crippen LogP contribution in [0.15, 0.2) is 28.9 Å². The van der Waals surface area contributed by atoms with Crippen molar-refractivity contribution in [3.8, 4) is 0 Å². The van der Waals surface area contributed by atoms with Crippen molar-refractivity contribution in [3.63, 3.8) is 0 Å². The minimum absolute atomic E-state index is 1.03. The van der Waals surface area contributed by atoms with Gasteiger partial charge in [-0.2, -0.15) is 0 Å². The van der Waals surface area contributed by atoms with E-state index in [1.165, 1.54) is 55.3 Å². The van der Waals surface area contributed by atoms with E-state index in [1.807, 2.05) is 6.26 Å². The molecule has 2 heteroatoms. The van der Waals surface area contributed by atoms with Crippen LogP contribution in [0.25, 0.3) is 11.0 Å². The summed E-state index contributed by atoms with van der Waals surface area (Å²) in [5, 5.41) is 1.32. The highest BCUT2D eigenvalue weighted by molar-refractivity contribution is 5.84. The first-order valence-corrected chi connectivity index (χ1v) is 7.02. The molecule has 2 aromatic rings. The molecular formula is C16H21NO. The smallest absolute Gasteiger partial charge is 0.134 e. The number of hydrogen-bond acceptors (Lipinski definition) is 2. The van der Waals surface area contributed by atoms with Gasteiger partial charge in [-0.1, -0.05) is 25.0 Å². The lowest BCUT2D eigenvalue weighted by Crippen LogP contribution is -2.23. The molecule has 1 aliphatic rings. The maximum absolute atomic E-state index is 5.68. The average molecular weight is 243 g/mol. The van der Waals surface area contributed by atoms with E-state index in [4.69, 9.17) is 4.42 Å². The molecule has 0 atom stereocenters. The van der Waals surface area contributed by atoms with Crippen molar-refractivity contribution >= 4 is 11.0 Å². The molecule has 2 heterocycles. The van der Waals surface area contributed by atoms with Gasteiger partial charge in [0.05, 0.1) is 6.26 Å². The Morgan fingerprint density at radius 1 is 1.11 bits per heavy atom. The third kappa shape index (κ3) is 2.30. The molecule has 1 aromatic carbocycles. The fourth-order valence-corrected chi connectivity index (χ4v) is 3.00. The molecule has 0 unspecified atom stereocenters. The Bertz CT molecular complexity index is 521. The third-order valence-corrected chi connectivity index (χ3v) is 3.98. The van der Waals surface area contributed by atoms with Crippen LogP contribution in [0.4, 0.5) is 0 Å². The van der Waals surface area contributed by atoms with E-state index in [9.17, 15) is 0 Å². The molecule has 2 nitrogen and oxygen atoms in total. The number of benzene rings is 1. The lowest BCUT2D eigenvalue weighted by atomic mass is 10.1. The maximum Gasteiger partial charge on any atom is 0.134 e. The molecule has 0 spiro atoms. The topological polar surface area (TPSA) is 16.4 Å². The molecule has 0 radical (unpaired) electrons. The van der Waals surface area contributed by atoms with Crippen LogP contribution in [0, 0.1) is 6.92 Å². The van der Waals surface area contributed by atoms with Crippen LogP contribution in [-0.2, 0) is 6.54 Å². The van der Waals surface area contributed by atoms with Crippen molar-refractivity contribution in [1.82, 2.24) is 4.90 Å². The number of nitrogens with zero attached hydrogens (tertiary/aromatic N) is 1. The Labute approximate surface area is 109 Å². The van der Waals surface area contributed by atoms with E-state index in [2.05, 4.69) is 30.0 Å². The van der Waals surface area contributed by atoms with Crippen molar-refractivity contribution in [2.24, 2.45) is 0 Å². The van der Waals surface area contributed by atoms with Gasteiger partial charge in [0.1, 0.15) is 5.58 Å². The SMILES string of the molecule is Cc1cccc2occ(CN3CCCCCC3)c12. The zero-order valence-corrected chi connectivity index (χ0v) is 11.1. The van der Waals surface area contributed by atoms with Gasteiger partial charge in [0, 0.05) is 17.5 Å². The van der Waals surface area contributed by atoms with Gasteiger partial charge >= 0.3 is 0 Å². The summed E-state index contributed by atoms with van der Waals surface area (Å²) in [4.78, 5) is 2.57. The standard InChI is InChI=1S/C16H21NO/c1-13-7-6-8-15-16(13)14(12-18-15)11-17-9-4-2-3-5-10-17/h6-8,12H,2-5,9-11H2,1H3. The Balaban J connectivity index is 1.85. The summed E-state index contributed by atoms with van der Waals surface area (Å²) in [7, 11) is 0. The van der Waals surface area contributed by atoms with Crippen molar-refractivity contribution in [3.05, 3.63) is 35.6 Å². The molecule has 0 aliphatic carbocycles. The first kappa shape index (κ1) is 11.8. The average Bonchev–Trinajstić information content (AvgIpc) is 2.60.